The summed E-state index contributed by atoms with van der Waals surface area (Å²) in [5.74, 6) is -0.901. The predicted molar refractivity (Wildman–Crippen MR) is 91.9 cm³/mol. The summed E-state index contributed by atoms with van der Waals surface area (Å²) < 4.78 is 4.68. The second-order valence-corrected chi connectivity index (χ2v) is 5.35. The Morgan fingerprint density at radius 2 is 1.83 bits per heavy atom. The lowest BCUT2D eigenvalue weighted by Gasteiger charge is -2.07. The van der Waals surface area contributed by atoms with Gasteiger partial charge in [-0.3, -0.25) is 4.79 Å². The number of benzene rings is 2. The van der Waals surface area contributed by atoms with Gasteiger partial charge in [0.1, 0.15) is 0 Å². The van der Waals surface area contributed by atoms with E-state index in [0.29, 0.717) is 15.7 Å². The minimum absolute atomic E-state index is 0.284. The predicted octanol–water partition coefficient (Wildman–Crippen LogP) is 4.43. The van der Waals surface area contributed by atoms with E-state index < -0.39 is 5.97 Å². The Labute approximate surface area is 143 Å². The van der Waals surface area contributed by atoms with Gasteiger partial charge in [0, 0.05) is 6.08 Å². The lowest BCUT2D eigenvalue weighted by atomic mass is 10.1. The second kappa shape index (κ2) is 7.81. The number of hydrogen-bond acceptors (Lipinski definition) is 3. The van der Waals surface area contributed by atoms with Gasteiger partial charge >= 0.3 is 5.97 Å². The molecule has 0 aliphatic heterocycles. The van der Waals surface area contributed by atoms with E-state index in [1.165, 1.54) is 13.2 Å². The first-order chi connectivity index (χ1) is 11.0. The topological polar surface area (TPSA) is 55.4 Å². The molecule has 0 radical (unpaired) electrons. The molecule has 0 fully saturated rings. The lowest BCUT2D eigenvalue weighted by Crippen LogP contribution is -2.12. The average Bonchev–Trinajstić information content (AvgIpc) is 2.55. The van der Waals surface area contributed by atoms with Crippen molar-refractivity contribution >= 4 is 46.8 Å². The molecule has 0 heterocycles. The van der Waals surface area contributed by atoms with Crippen molar-refractivity contribution in [2.24, 2.45) is 0 Å². The van der Waals surface area contributed by atoms with Crippen molar-refractivity contribution in [3.8, 4) is 0 Å². The van der Waals surface area contributed by atoms with Crippen LogP contribution in [0.5, 0.6) is 0 Å². The Hall–Kier alpha value is -2.30. The average molecular weight is 350 g/mol. The molecule has 2 aromatic rings. The number of amides is 1. The zero-order chi connectivity index (χ0) is 16.8. The molecule has 0 spiro atoms. The summed E-state index contributed by atoms with van der Waals surface area (Å²) >= 11 is 11.7. The Morgan fingerprint density at radius 1 is 1.09 bits per heavy atom. The Bertz CT molecular complexity index is 772. The minimum atomic E-state index is -0.519. The van der Waals surface area contributed by atoms with E-state index in [1.807, 2.05) is 0 Å². The van der Waals surface area contributed by atoms with Crippen LogP contribution in [-0.4, -0.2) is 19.0 Å². The molecule has 6 heteroatoms. The van der Waals surface area contributed by atoms with Crippen molar-refractivity contribution in [3.05, 3.63) is 69.7 Å². The summed E-state index contributed by atoms with van der Waals surface area (Å²) in [5.41, 5.74) is 1.39. The van der Waals surface area contributed by atoms with E-state index in [0.717, 1.165) is 5.56 Å². The number of methoxy groups -OCH3 is 1. The fourth-order valence-electron chi connectivity index (χ4n) is 1.84. The third kappa shape index (κ3) is 4.58. The maximum Gasteiger partial charge on any atom is 0.339 e. The molecule has 4 nitrogen and oxygen atoms in total. The largest absolute Gasteiger partial charge is 0.465 e. The number of carbonyl (C=O) groups excluding carboxylic acids is 2. The first-order valence-electron chi connectivity index (χ1n) is 6.62. The SMILES string of the molecule is COC(=O)c1ccccc1NC(=O)C=Cc1ccc(Cl)c(Cl)c1. The molecule has 0 aromatic heterocycles. The smallest absolute Gasteiger partial charge is 0.339 e. The number of ether oxygens (including phenoxy) is 1. The van der Waals surface area contributed by atoms with E-state index >= 15 is 0 Å². The molecule has 2 aromatic carbocycles. The molecule has 0 saturated heterocycles. The third-order valence-corrected chi connectivity index (χ3v) is 3.70. The molecule has 0 unspecified atom stereocenters. The van der Waals surface area contributed by atoms with Gasteiger partial charge in [0.15, 0.2) is 0 Å². The van der Waals surface area contributed by atoms with Gasteiger partial charge in [-0.15, -0.1) is 0 Å². The summed E-state index contributed by atoms with van der Waals surface area (Å²) in [7, 11) is 1.28. The van der Waals surface area contributed by atoms with Gasteiger partial charge < -0.3 is 10.1 Å². The highest BCUT2D eigenvalue weighted by Crippen LogP contribution is 2.23. The Balaban J connectivity index is 2.12. The first-order valence-corrected chi connectivity index (χ1v) is 7.38. The third-order valence-electron chi connectivity index (χ3n) is 2.96. The van der Waals surface area contributed by atoms with Crippen molar-refractivity contribution < 1.29 is 14.3 Å². The zero-order valence-electron chi connectivity index (χ0n) is 12.2. The van der Waals surface area contributed by atoms with Crippen LogP contribution >= 0.6 is 23.2 Å². The summed E-state index contributed by atoms with van der Waals surface area (Å²) in [6.45, 7) is 0. The zero-order valence-corrected chi connectivity index (χ0v) is 13.7. The van der Waals surface area contributed by atoms with Crippen molar-refractivity contribution in [3.63, 3.8) is 0 Å². The van der Waals surface area contributed by atoms with Crippen molar-refractivity contribution in [2.45, 2.75) is 0 Å². The molecule has 0 aliphatic rings. The van der Waals surface area contributed by atoms with E-state index in [1.54, 1.807) is 48.5 Å². The van der Waals surface area contributed by atoms with E-state index in [2.05, 4.69) is 10.1 Å². The number of rotatable bonds is 4. The van der Waals surface area contributed by atoms with Gasteiger partial charge in [0.25, 0.3) is 0 Å². The number of nitrogens with one attached hydrogen (secondary N) is 1. The number of esters is 1. The van der Waals surface area contributed by atoms with Gasteiger partial charge in [0.05, 0.1) is 28.4 Å². The Kier molecular flexibility index (Phi) is 5.79. The molecule has 0 bridgehead atoms. The molecule has 1 amide bonds. The highest BCUT2D eigenvalue weighted by Gasteiger charge is 2.11. The van der Waals surface area contributed by atoms with Crippen molar-refractivity contribution in [1.29, 1.82) is 0 Å². The minimum Gasteiger partial charge on any atom is -0.465 e. The van der Waals surface area contributed by atoms with E-state index in [9.17, 15) is 9.59 Å². The van der Waals surface area contributed by atoms with Crippen LogP contribution in [0.2, 0.25) is 10.0 Å². The van der Waals surface area contributed by atoms with Crippen LogP contribution in [0, 0.1) is 0 Å². The molecular weight excluding hydrogens is 337 g/mol. The second-order valence-electron chi connectivity index (χ2n) is 4.53. The number of anilines is 1. The molecule has 118 valence electrons. The Morgan fingerprint density at radius 3 is 2.52 bits per heavy atom. The maximum absolute atomic E-state index is 12.0. The highest BCUT2D eigenvalue weighted by molar-refractivity contribution is 6.42. The summed E-state index contributed by atoms with van der Waals surface area (Å²) in [6, 6.07) is 11.6. The van der Waals surface area contributed by atoms with Gasteiger partial charge in [-0.05, 0) is 35.9 Å². The number of hydrogen-bond donors (Lipinski definition) is 1. The van der Waals surface area contributed by atoms with Crippen LogP contribution in [-0.2, 0) is 9.53 Å². The number of para-hydroxylation sites is 1. The highest BCUT2D eigenvalue weighted by atomic mass is 35.5. The molecule has 2 rings (SSSR count). The van der Waals surface area contributed by atoms with Crippen LogP contribution < -0.4 is 5.32 Å². The van der Waals surface area contributed by atoms with Gasteiger partial charge in [0.2, 0.25) is 5.91 Å². The first kappa shape index (κ1) is 17.1. The molecule has 1 N–H and O–H groups in total. The summed E-state index contributed by atoms with van der Waals surface area (Å²) in [5, 5.41) is 3.49. The van der Waals surface area contributed by atoms with E-state index in [4.69, 9.17) is 23.2 Å². The molecule has 23 heavy (non-hydrogen) atoms. The van der Waals surface area contributed by atoms with Crippen LogP contribution in [0.3, 0.4) is 0 Å². The standard InChI is InChI=1S/C17H13Cl2NO3/c1-23-17(22)12-4-2-3-5-15(12)20-16(21)9-7-11-6-8-13(18)14(19)10-11/h2-10H,1H3,(H,20,21). The molecule has 0 saturated carbocycles. The maximum atomic E-state index is 12.0. The fourth-order valence-corrected chi connectivity index (χ4v) is 2.15. The number of carbonyl (C=O) groups is 2. The van der Waals surface area contributed by atoms with Crippen molar-refractivity contribution in [1.82, 2.24) is 0 Å². The van der Waals surface area contributed by atoms with Crippen molar-refractivity contribution in [2.75, 3.05) is 12.4 Å². The summed E-state index contributed by atoms with van der Waals surface area (Å²) in [6.07, 6.45) is 2.94. The molecule has 0 atom stereocenters. The lowest BCUT2D eigenvalue weighted by molar-refractivity contribution is -0.111. The van der Waals surface area contributed by atoms with Crippen LogP contribution in [0.4, 0.5) is 5.69 Å². The van der Waals surface area contributed by atoms with E-state index in [-0.39, 0.29) is 11.5 Å². The molecule has 0 aliphatic carbocycles. The molecular formula is C17H13Cl2NO3. The van der Waals surface area contributed by atoms with Crippen LogP contribution in [0.15, 0.2) is 48.5 Å². The van der Waals surface area contributed by atoms with Gasteiger partial charge in [-0.2, -0.15) is 0 Å². The fraction of sp³-hybridized carbons (Fsp3) is 0.0588. The monoisotopic (exact) mass is 349 g/mol. The van der Waals surface area contributed by atoms with Gasteiger partial charge in [-0.1, -0.05) is 41.4 Å². The van der Waals surface area contributed by atoms with Gasteiger partial charge in [-0.25, -0.2) is 4.79 Å². The number of halogens is 2. The normalized spacial score (nSPS) is 10.6. The van der Waals surface area contributed by atoms with Crippen LogP contribution in [0.1, 0.15) is 15.9 Å². The van der Waals surface area contributed by atoms with Crippen LogP contribution in [0.25, 0.3) is 6.08 Å². The summed E-state index contributed by atoms with van der Waals surface area (Å²) in [4.78, 5) is 23.6. The quantitative estimate of drug-likeness (QED) is 0.656.